The normalized spacial score (nSPS) is 11.2. The topological polar surface area (TPSA) is 26.3 Å². The molecule has 3 heteroatoms. The van der Waals surface area contributed by atoms with Crippen molar-refractivity contribution in [3.63, 3.8) is 0 Å². The van der Waals surface area contributed by atoms with Crippen LogP contribution in [0.15, 0.2) is 29.8 Å². The second-order valence-corrected chi connectivity index (χ2v) is 2.87. The maximum Gasteiger partial charge on any atom is 0.333 e. The predicted octanol–water partition coefficient (Wildman–Crippen LogP) is 2.40. The lowest BCUT2D eigenvalue weighted by atomic mass is 10.1. The maximum absolute atomic E-state index is 12.5. The van der Waals surface area contributed by atoms with Crippen molar-refractivity contribution in [1.82, 2.24) is 0 Å². The second-order valence-electron chi connectivity index (χ2n) is 2.87. The van der Waals surface area contributed by atoms with E-state index in [9.17, 15) is 9.18 Å². The summed E-state index contributed by atoms with van der Waals surface area (Å²) in [7, 11) is 1.32. The first-order valence-electron chi connectivity index (χ1n) is 4.15. The van der Waals surface area contributed by atoms with Gasteiger partial charge in [-0.3, -0.25) is 0 Å². The monoisotopic (exact) mass is 194 g/mol. The van der Waals surface area contributed by atoms with Crippen LogP contribution in [-0.2, 0) is 9.53 Å². The summed E-state index contributed by atoms with van der Waals surface area (Å²) in [5, 5.41) is 0. The van der Waals surface area contributed by atoms with Gasteiger partial charge in [0.2, 0.25) is 0 Å². The Kier molecular flexibility index (Phi) is 3.40. The molecular weight excluding hydrogens is 183 g/mol. The van der Waals surface area contributed by atoms with Gasteiger partial charge in [-0.1, -0.05) is 12.1 Å². The number of benzene rings is 1. The van der Waals surface area contributed by atoms with Crippen molar-refractivity contribution in [3.8, 4) is 0 Å². The van der Waals surface area contributed by atoms with Crippen LogP contribution in [0.1, 0.15) is 12.5 Å². The van der Waals surface area contributed by atoms with Crippen molar-refractivity contribution in [1.29, 1.82) is 0 Å². The van der Waals surface area contributed by atoms with Gasteiger partial charge in [-0.25, -0.2) is 9.18 Å². The van der Waals surface area contributed by atoms with E-state index in [2.05, 4.69) is 4.74 Å². The van der Waals surface area contributed by atoms with Crippen molar-refractivity contribution < 1.29 is 13.9 Å². The van der Waals surface area contributed by atoms with Gasteiger partial charge in [0, 0.05) is 5.57 Å². The molecule has 0 saturated carbocycles. The molecule has 0 aromatic heterocycles. The molecule has 1 aromatic carbocycles. The molecule has 0 unspecified atom stereocenters. The van der Waals surface area contributed by atoms with Gasteiger partial charge >= 0.3 is 5.97 Å². The Hall–Kier alpha value is -1.64. The van der Waals surface area contributed by atoms with E-state index in [-0.39, 0.29) is 11.8 Å². The van der Waals surface area contributed by atoms with Gasteiger partial charge in [0.25, 0.3) is 0 Å². The fourth-order valence-electron chi connectivity index (χ4n) is 1.03. The van der Waals surface area contributed by atoms with Gasteiger partial charge in [-0.2, -0.15) is 0 Å². The minimum absolute atomic E-state index is 0.294. The average Bonchev–Trinajstić information content (AvgIpc) is 2.20. The van der Waals surface area contributed by atoms with E-state index < -0.39 is 0 Å². The Balaban J connectivity index is 2.86. The first-order chi connectivity index (χ1) is 6.63. The number of ether oxygens (including phenoxy) is 1. The van der Waals surface area contributed by atoms with Crippen LogP contribution < -0.4 is 0 Å². The Morgan fingerprint density at radius 3 is 2.43 bits per heavy atom. The minimum Gasteiger partial charge on any atom is -0.466 e. The molecule has 1 rings (SSSR count). The van der Waals surface area contributed by atoms with Gasteiger partial charge in [0.15, 0.2) is 0 Å². The van der Waals surface area contributed by atoms with Crippen molar-refractivity contribution >= 4 is 12.0 Å². The van der Waals surface area contributed by atoms with Crippen LogP contribution in [0.2, 0.25) is 0 Å². The Bertz CT molecular complexity index is 352. The van der Waals surface area contributed by atoms with E-state index in [1.165, 1.54) is 19.2 Å². The highest BCUT2D eigenvalue weighted by Gasteiger charge is 2.02. The van der Waals surface area contributed by atoms with Crippen LogP contribution in [0.3, 0.4) is 0 Å². The number of carbonyl (C=O) groups excluding carboxylic acids is 1. The van der Waals surface area contributed by atoms with Crippen LogP contribution in [0.25, 0.3) is 6.08 Å². The Morgan fingerprint density at radius 2 is 1.93 bits per heavy atom. The zero-order valence-electron chi connectivity index (χ0n) is 8.08. The third kappa shape index (κ3) is 2.69. The molecule has 0 bridgehead atoms. The summed E-state index contributed by atoms with van der Waals surface area (Å²) in [6.07, 6.45) is 1.64. The summed E-state index contributed by atoms with van der Waals surface area (Å²) < 4.78 is 17.1. The summed E-state index contributed by atoms with van der Waals surface area (Å²) >= 11 is 0. The molecule has 0 aliphatic carbocycles. The molecule has 0 radical (unpaired) electrons. The second kappa shape index (κ2) is 4.56. The lowest BCUT2D eigenvalue weighted by Gasteiger charge is -1.98. The lowest BCUT2D eigenvalue weighted by molar-refractivity contribution is -0.135. The molecule has 0 saturated heterocycles. The summed E-state index contributed by atoms with van der Waals surface area (Å²) in [5.41, 5.74) is 1.26. The molecule has 2 nitrogen and oxygen atoms in total. The molecule has 74 valence electrons. The largest absolute Gasteiger partial charge is 0.466 e. The standard InChI is InChI=1S/C11H11FO2/c1-8(11(13)14-2)7-9-3-5-10(12)6-4-9/h3-7H,1-2H3. The SMILES string of the molecule is COC(=O)C(C)=Cc1ccc(F)cc1. The van der Waals surface area contributed by atoms with Crippen molar-refractivity contribution in [2.24, 2.45) is 0 Å². The van der Waals surface area contributed by atoms with Gasteiger partial charge < -0.3 is 4.74 Å². The van der Waals surface area contributed by atoms with Gasteiger partial charge in [0.1, 0.15) is 5.82 Å². The fraction of sp³-hybridized carbons (Fsp3) is 0.182. The highest BCUT2D eigenvalue weighted by atomic mass is 19.1. The highest BCUT2D eigenvalue weighted by molar-refractivity contribution is 5.92. The fourth-order valence-corrected chi connectivity index (χ4v) is 1.03. The number of halogens is 1. The van der Waals surface area contributed by atoms with Crippen LogP contribution in [0, 0.1) is 5.82 Å². The van der Waals surface area contributed by atoms with Gasteiger partial charge in [-0.15, -0.1) is 0 Å². The zero-order valence-corrected chi connectivity index (χ0v) is 8.08. The number of hydrogen-bond donors (Lipinski definition) is 0. The van der Waals surface area contributed by atoms with Crippen LogP contribution >= 0.6 is 0 Å². The highest BCUT2D eigenvalue weighted by Crippen LogP contribution is 2.08. The summed E-state index contributed by atoms with van der Waals surface area (Å²) in [4.78, 5) is 11.0. The van der Waals surface area contributed by atoms with Crippen molar-refractivity contribution in [2.45, 2.75) is 6.92 Å². The number of hydrogen-bond acceptors (Lipinski definition) is 2. The number of methoxy groups -OCH3 is 1. The molecule has 0 aliphatic rings. The van der Waals surface area contributed by atoms with E-state index in [1.54, 1.807) is 25.1 Å². The molecule has 1 aromatic rings. The van der Waals surface area contributed by atoms with Crippen LogP contribution in [0.5, 0.6) is 0 Å². The lowest BCUT2D eigenvalue weighted by Crippen LogP contribution is -2.00. The first-order valence-corrected chi connectivity index (χ1v) is 4.15. The van der Waals surface area contributed by atoms with E-state index in [0.29, 0.717) is 5.57 Å². The maximum atomic E-state index is 12.5. The van der Waals surface area contributed by atoms with E-state index in [1.807, 2.05) is 0 Å². The van der Waals surface area contributed by atoms with Gasteiger partial charge in [-0.05, 0) is 30.7 Å². The Morgan fingerprint density at radius 1 is 1.36 bits per heavy atom. The molecule has 0 fully saturated rings. The molecule has 0 aliphatic heterocycles. The molecular formula is C11H11FO2. The molecule has 0 amide bonds. The minimum atomic E-state index is -0.380. The smallest absolute Gasteiger partial charge is 0.333 e. The van der Waals surface area contributed by atoms with Crippen LogP contribution in [0.4, 0.5) is 4.39 Å². The number of rotatable bonds is 2. The molecule has 0 heterocycles. The van der Waals surface area contributed by atoms with E-state index >= 15 is 0 Å². The molecule has 0 spiro atoms. The van der Waals surface area contributed by atoms with Gasteiger partial charge in [0.05, 0.1) is 7.11 Å². The number of esters is 1. The predicted molar refractivity (Wildman–Crippen MR) is 52.1 cm³/mol. The third-order valence-corrected chi connectivity index (χ3v) is 1.76. The van der Waals surface area contributed by atoms with Crippen molar-refractivity contribution in [2.75, 3.05) is 7.11 Å². The third-order valence-electron chi connectivity index (χ3n) is 1.76. The van der Waals surface area contributed by atoms with E-state index in [4.69, 9.17) is 0 Å². The first kappa shape index (κ1) is 10.4. The quantitative estimate of drug-likeness (QED) is 0.533. The Labute approximate surface area is 82.0 Å². The number of carbonyl (C=O) groups is 1. The summed E-state index contributed by atoms with van der Waals surface area (Å²) in [6, 6.07) is 5.89. The molecule has 14 heavy (non-hydrogen) atoms. The zero-order chi connectivity index (χ0) is 10.6. The van der Waals surface area contributed by atoms with Crippen LogP contribution in [-0.4, -0.2) is 13.1 Å². The van der Waals surface area contributed by atoms with Crippen molar-refractivity contribution in [3.05, 3.63) is 41.2 Å². The average molecular weight is 194 g/mol. The summed E-state index contributed by atoms with van der Waals surface area (Å²) in [6.45, 7) is 1.65. The molecule has 0 atom stereocenters. The molecule has 0 N–H and O–H groups in total. The van der Waals surface area contributed by atoms with E-state index in [0.717, 1.165) is 5.56 Å². The summed E-state index contributed by atoms with van der Waals surface area (Å²) in [5.74, 6) is -0.674.